The minimum atomic E-state index is -0.892. The van der Waals surface area contributed by atoms with Crippen LogP contribution in [0.4, 0.5) is 0 Å². The first-order valence-corrected chi connectivity index (χ1v) is 6.21. The van der Waals surface area contributed by atoms with Gasteiger partial charge in [0.1, 0.15) is 5.72 Å². The molecule has 0 aliphatic rings. The summed E-state index contributed by atoms with van der Waals surface area (Å²) in [5.74, 6) is 0. The van der Waals surface area contributed by atoms with Gasteiger partial charge in [-0.05, 0) is 18.1 Å². The van der Waals surface area contributed by atoms with Crippen molar-refractivity contribution in [1.82, 2.24) is 5.32 Å². The van der Waals surface area contributed by atoms with Crippen molar-refractivity contribution in [3.05, 3.63) is 71.8 Å². The lowest BCUT2D eigenvalue weighted by Gasteiger charge is -2.25. The summed E-state index contributed by atoms with van der Waals surface area (Å²) in [7, 11) is 0. The molecule has 0 aliphatic heterocycles. The molecular formula is C16H19NO. The Bertz CT molecular complexity index is 465. The molecular weight excluding hydrogens is 222 g/mol. The summed E-state index contributed by atoms with van der Waals surface area (Å²) < 4.78 is 0. The minimum Gasteiger partial charge on any atom is -0.376 e. The molecule has 2 rings (SSSR count). The van der Waals surface area contributed by atoms with E-state index in [2.05, 4.69) is 5.32 Å². The lowest BCUT2D eigenvalue weighted by Crippen LogP contribution is -2.43. The Morgan fingerprint density at radius 1 is 0.889 bits per heavy atom. The number of hydrogen-bond donors (Lipinski definition) is 2. The van der Waals surface area contributed by atoms with E-state index >= 15 is 0 Å². The molecule has 0 saturated heterocycles. The summed E-state index contributed by atoms with van der Waals surface area (Å²) >= 11 is 0. The van der Waals surface area contributed by atoms with Crippen molar-refractivity contribution in [3.8, 4) is 0 Å². The highest BCUT2D eigenvalue weighted by Crippen LogP contribution is 2.11. The van der Waals surface area contributed by atoms with E-state index in [4.69, 9.17) is 0 Å². The highest BCUT2D eigenvalue weighted by Gasteiger charge is 2.19. The van der Waals surface area contributed by atoms with Crippen LogP contribution in [0.25, 0.3) is 0 Å². The Labute approximate surface area is 108 Å². The lowest BCUT2D eigenvalue weighted by molar-refractivity contribution is 0.0225. The zero-order valence-corrected chi connectivity index (χ0v) is 10.6. The second-order valence-corrected chi connectivity index (χ2v) is 4.78. The largest absolute Gasteiger partial charge is 0.376 e. The van der Waals surface area contributed by atoms with Gasteiger partial charge in [-0.15, -0.1) is 0 Å². The van der Waals surface area contributed by atoms with Crippen LogP contribution in [0.1, 0.15) is 18.1 Å². The lowest BCUT2D eigenvalue weighted by atomic mass is 10.0. The van der Waals surface area contributed by atoms with Crippen LogP contribution in [-0.2, 0) is 13.0 Å². The SMILES string of the molecule is C[C@@](O)(Cc1ccccc1)NCc1ccccc1. The van der Waals surface area contributed by atoms with Crippen LogP contribution in [0.15, 0.2) is 60.7 Å². The van der Waals surface area contributed by atoms with Crippen molar-refractivity contribution >= 4 is 0 Å². The summed E-state index contributed by atoms with van der Waals surface area (Å²) in [5.41, 5.74) is 1.41. The van der Waals surface area contributed by atoms with Gasteiger partial charge in [0.25, 0.3) is 0 Å². The van der Waals surface area contributed by atoms with Gasteiger partial charge in [-0.1, -0.05) is 60.7 Å². The van der Waals surface area contributed by atoms with Gasteiger partial charge >= 0.3 is 0 Å². The topological polar surface area (TPSA) is 32.3 Å². The van der Waals surface area contributed by atoms with Crippen molar-refractivity contribution in [2.45, 2.75) is 25.6 Å². The molecule has 0 bridgehead atoms. The highest BCUT2D eigenvalue weighted by molar-refractivity contribution is 5.17. The molecule has 2 nitrogen and oxygen atoms in total. The predicted octanol–water partition coefficient (Wildman–Crippen LogP) is 2.73. The molecule has 0 saturated carbocycles. The third-order valence-electron chi connectivity index (χ3n) is 2.91. The monoisotopic (exact) mass is 241 g/mol. The molecule has 0 heterocycles. The van der Waals surface area contributed by atoms with E-state index < -0.39 is 5.72 Å². The van der Waals surface area contributed by atoms with Crippen molar-refractivity contribution in [2.75, 3.05) is 0 Å². The zero-order chi connectivity index (χ0) is 12.8. The van der Waals surface area contributed by atoms with E-state index in [1.165, 1.54) is 5.56 Å². The van der Waals surface area contributed by atoms with Crippen molar-refractivity contribution in [2.24, 2.45) is 0 Å². The summed E-state index contributed by atoms with van der Waals surface area (Å²) in [4.78, 5) is 0. The van der Waals surface area contributed by atoms with Gasteiger partial charge in [0.2, 0.25) is 0 Å². The second-order valence-electron chi connectivity index (χ2n) is 4.78. The first-order valence-electron chi connectivity index (χ1n) is 6.21. The predicted molar refractivity (Wildman–Crippen MR) is 74.1 cm³/mol. The number of benzene rings is 2. The van der Waals surface area contributed by atoms with Crippen LogP contribution in [-0.4, -0.2) is 10.8 Å². The van der Waals surface area contributed by atoms with Crippen molar-refractivity contribution in [1.29, 1.82) is 0 Å². The first kappa shape index (κ1) is 12.8. The fourth-order valence-electron chi connectivity index (χ4n) is 1.94. The van der Waals surface area contributed by atoms with Gasteiger partial charge in [0, 0.05) is 13.0 Å². The maximum Gasteiger partial charge on any atom is 0.117 e. The molecule has 0 aromatic heterocycles. The Hall–Kier alpha value is -1.64. The van der Waals surface area contributed by atoms with E-state index in [0.717, 1.165) is 5.56 Å². The van der Waals surface area contributed by atoms with Gasteiger partial charge in [-0.25, -0.2) is 0 Å². The second kappa shape index (κ2) is 5.80. The van der Waals surface area contributed by atoms with Crippen LogP contribution in [0, 0.1) is 0 Å². The van der Waals surface area contributed by atoms with E-state index in [0.29, 0.717) is 13.0 Å². The average Bonchev–Trinajstić information content (AvgIpc) is 2.38. The van der Waals surface area contributed by atoms with Crippen LogP contribution in [0.2, 0.25) is 0 Å². The van der Waals surface area contributed by atoms with Crippen LogP contribution < -0.4 is 5.32 Å². The number of aliphatic hydroxyl groups is 1. The molecule has 2 heteroatoms. The molecule has 0 spiro atoms. The van der Waals surface area contributed by atoms with Gasteiger partial charge < -0.3 is 5.11 Å². The quantitative estimate of drug-likeness (QED) is 0.789. The molecule has 2 aromatic rings. The average molecular weight is 241 g/mol. The van der Waals surface area contributed by atoms with E-state index in [1.807, 2.05) is 67.6 Å². The minimum absolute atomic E-state index is 0.598. The Morgan fingerprint density at radius 2 is 1.39 bits per heavy atom. The van der Waals surface area contributed by atoms with Gasteiger partial charge in [0.05, 0.1) is 0 Å². The first-order chi connectivity index (χ1) is 8.66. The van der Waals surface area contributed by atoms with Crippen LogP contribution in [0.3, 0.4) is 0 Å². The fraction of sp³-hybridized carbons (Fsp3) is 0.250. The molecule has 0 radical (unpaired) electrons. The number of nitrogens with one attached hydrogen (secondary N) is 1. The van der Waals surface area contributed by atoms with Gasteiger partial charge in [-0.2, -0.15) is 0 Å². The third-order valence-corrected chi connectivity index (χ3v) is 2.91. The van der Waals surface area contributed by atoms with E-state index in [1.54, 1.807) is 0 Å². The Balaban J connectivity index is 1.91. The Kier molecular flexibility index (Phi) is 4.13. The normalized spacial score (nSPS) is 14.1. The van der Waals surface area contributed by atoms with Gasteiger partial charge in [-0.3, -0.25) is 5.32 Å². The summed E-state index contributed by atoms with van der Waals surface area (Å²) in [6.07, 6.45) is 0.598. The molecule has 94 valence electrons. The van der Waals surface area contributed by atoms with E-state index in [-0.39, 0.29) is 0 Å². The standard InChI is InChI=1S/C16H19NO/c1-16(18,12-14-8-4-2-5-9-14)17-13-15-10-6-3-7-11-15/h2-11,17-18H,12-13H2,1H3/t16-/m1/s1. The summed E-state index contributed by atoms with van der Waals surface area (Å²) in [5, 5.41) is 13.5. The number of rotatable bonds is 5. The molecule has 2 N–H and O–H groups in total. The molecule has 1 atom stereocenters. The molecule has 0 amide bonds. The maximum absolute atomic E-state index is 10.3. The Morgan fingerprint density at radius 3 is 1.94 bits per heavy atom. The van der Waals surface area contributed by atoms with Gasteiger partial charge in [0.15, 0.2) is 0 Å². The molecule has 2 aromatic carbocycles. The summed E-state index contributed by atoms with van der Waals surface area (Å²) in [6, 6.07) is 20.1. The third kappa shape index (κ3) is 3.99. The van der Waals surface area contributed by atoms with Crippen molar-refractivity contribution < 1.29 is 5.11 Å². The van der Waals surface area contributed by atoms with Crippen LogP contribution >= 0.6 is 0 Å². The molecule has 0 fully saturated rings. The zero-order valence-electron chi connectivity index (χ0n) is 10.6. The van der Waals surface area contributed by atoms with Crippen molar-refractivity contribution in [3.63, 3.8) is 0 Å². The molecule has 0 aliphatic carbocycles. The number of hydrogen-bond acceptors (Lipinski definition) is 2. The summed E-state index contributed by atoms with van der Waals surface area (Å²) in [6.45, 7) is 2.48. The van der Waals surface area contributed by atoms with Crippen LogP contribution in [0.5, 0.6) is 0 Å². The molecule has 0 unspecified atom stereocenters. The maximum atomic E-state index is 10.3. The molecule has 18 heavy (non-hydrogen) atoms. The van der Waals surface area contributed by atoms with E-state index in [9.17, 15) is 5.11 Å². The smallest absolute Gasteiger partial charge is 0.117 e. The fourth-order valence-corrected chi connectivity index (χ4v) is 1.94. The highest BCUT2D eigenvalue weighted by atomic mass is 16.3.